The topological polar surface area (TPSA) is 110 Å². The summed E-state index contributed by atoms with van der Waals surface area (Å²) in [4.78, 5) is 21.3. The molecule has 0 spiro atoms. The predicted molar refractivity (Wildman–Crippen MR) is 93.1 cm³/mol. The fraction of sp³-hybridized carbons (Fsp3) is 0.389. The van der Waals surface area contributed by atoms with E-state index in [2.05, 4.69) is 15.3 Å². The number of hydrogen-bond acceptors (Lipinski definition) is 6. The highest BCUT2D eigenvalue weighted by molar-refractivity contribution is 5.93. The average Bonchev–Trinajstić information content (AvgIpc) is 2.64. The summed E-state index contributed by atoms with van der Waals surface area (Å²) in [6.07, 6.45) is 1.58. The number of aromatic hydroxyl groups is 1. The molecular weight excluding hydrogens is 320 g/mol. The first-order chi connectivity index (χ1) is 12.1. The Hall–Kier alpha value is -2.51. The second kappa shape index (κ2) is 7.58. The van der Waals surface area contributed by atoms with Gasteiger partial charge in [-0.25, -0.2) is 9.97 Å². The van der Waals surface area contributed by atoms with E-state index in [0.717, 1.165) is 18.4 Å². The van der Waals surface area contributed by atoms with Gasteiger partial charge in [0.2, 0.25) is 0 Å². The number of rotatable bonds is 4. The average molecular weight is 342 g/mol. The molecular formula is C18H22N4O3. The maximum absolute atomic E-state index is 12.6. The molecule has 25 heavy (non-hydrogen) atoms. The van der Waals surface area contributed by atoms with E-state index in [0.29, 0.717) is 30.3 Å². The highest BCUT2D eigenvalue weighted by atomic mass is 16.5. The lowest BCUT2D eigenvalue weighted by molar-refractivity contribution is 0.0694. The SMILES string of the molecule is Cc1ccc(-c2nc(CN)cc(C(=O)NC3CCOCC3)n2)cc1O. The van der Waals surface area contributed by atoms with Gasteiger partial charge in [0, 0.05) is 31.4 Å². The number of carbonyl (C=O) groups excluding carboxylic acids is 1. The van der Waals surface area contributed by atoms with E-state index in [1.807, 2.05) is 13.0 Å². The van der Waals surface area contributed by atoms with Crippen LogP contribution in [0.4, 0.5) is 0 Å². The quantitative estimate of drug-likeness (QED) is 0.777. The Morgan fingerprint density at radius 1 is 1.32 bits per heavy atom. The molecule has 2 heterocycles. The Labute approximate surface area is 146 Å². The van der Waals surface area contributed by atoms with E-state index < -0.39 is 0 Å². The number of phenols is 1. The van der Waals surface area contributed by atoms with Crippen LogP contribution in [-0.2, 0) is 11.3 Å². The fourth-order valence-corrected chi connectivity index (χ4v) is 2.70. The third-order valence-corrected chi connectivity index (χ3v) is 4.24. The molecule has 1 aliphatic heterocycles. The molecule has 7 heteroatoms. The summed E-state index contributed by atoms with van der Waals surface area (Å²) in [6.45, 7) is 3.31. The van der Waals surface area contributed by atoms with Crippen LogP contribution in [0.1, 0.15) is 34.6 Å². The Morgan fingerprint density at radius 2 is 2.08 bits per heavy atom. The minimum Gasteiger partial charge on any atom is -0.508 e. The zero-order chi connectivity index (χ0) is 17.8. The van der Waals surface area contributed by atoms with E-state index >= 15 is 0 Å². The van der Waals surface area contributed by atoms with Gasteiger partial charge in [0.05, 0.1) is 5.69 Å². The minimum atomic E-state index is -0.249. The molecule has 1 aromatic carbocycles. The molecule has 1 aromatic heterocycles. The van der Waals surface area contributed by atoms with Crippen molar-refractivity contribution in [2.75, 3.05) is 13.2 Å². The van der Waals surface area contributed by atoms with Gasteiger partial charge in [-0.05, 0) is 37.5 Å². The van der Waals surface area contributed by atoms with Crippen molar-refractivity contribution < 1.29 is 14.6 Å². The monoisotopic (exact) mass is 342 g/mol. The summed E-state index contributed by atoms with van der Waals surface area (Å²) in [6, 6.07) is 6.87. The fourth-order valence-electron chi connectivity index (χ4n) is 2.70. The number of nitrogens with zero attached hydrogens (tertiary/aromatic N) is 2. The van der Waals surface area contributed by atoms with Crippen molar-refractivity contribution in [2.24, 2.45) is 5.73 Å². The number of carbonyl (C=O) groups is 1. The number of amides is 1. The molecule has 0 bridgehead atoms. The number of nitrogens with two attached hydrogens (primary N) is 1. The largest absolute Gasteiger partial charge is 0.508 e. The van der Waals surface area contributed by atoms with Crippen molar-refractivity contribution in [3.63, 3.8) is 0 Å². The van der Waals surface area contributed by atoms with Crippen LogP contribution in [-0.4, -0.2) is 40.2 Å². The van der Waals surface area contributed by atoms with Crippen molar-refractivity contribution in [3.05, 3.63) is 41.2 Å². The predicted octanol–water partition coefficient (Wildman–Crippen LogP) is 1.53. The summed E-state index contributed by atoms with van der Waals surface area (Å²) < 4.78 is 5.30. The lowest BCUT2D eigenvalue weighted by Gasteiger charge is -2.23. The lowest BCUT2D eigenvalue weighted by Crippen LogP contribution is -2.39. The van der Waals surface area contributed by atoms with Crippen molar-refractivity contribution in [1.82, 2.24) is 15.3 Å². The van der Waals surface area contributed by atoms with Crippen LogP contribution < -0.4 is 11.1 Å². The van der Waals surface area contributed by atoms with Crippen molar-refractivity contribution in [2.45, 2.75) is 32.4 Å². The van der Waals surface area contributed by atoms with Crippen LogP contribution in [0, 0.1) is 6.92 Å². The van der Waals surface area contributed by atoms with Crippen LogP contribution in [0.3, 0.4) is 0 Å². The normalized spacial score (nSPS) is 15.1. The molecule has 0 aliphatic carbocycles. The standard InChI is InChI=1S/C18H22N4O3/c1-11-2-3-12(8-16(11)23)17-20-14(10-19)9-15(22-17)18(24)21-13-4-6-25-7-5-13/h2-3,8-9,13,23H,4-7,10,19H2,1H3,(H,21,24). The molecule has 1 amide bonds. The molecule has 2 aromatic rings. The third kappa shape index (κ3) is 4.12. The van der Waals surface area contributed by atoms with Gasteiger partial charge in [0.25, 0.3) is 5.91 Å². The minimum absolute atomic E-state index is 0.0874. The Balaban J connectivity index is 1.88. The van der Waals surface area contributed by atoms with E-state index in [-0.39, 0.29) is 29.9 Å². The zero-order valence-corrected chi connectivity index (χ0v) is 14.2. The first kappa shape index (κ1) is 17.3. The highest BCUT2D eigenvalue weighted by Crippen LogP contribution is 2.24. The second-order valence-electron chi connectivity index (χ2n) is 6.13. The lowest BCUT2D eigenvalue weighted by atomic mass is 10.1. The Morgan fingerprint density at radius 3 is 2.76 bits per heavy atom. The third-order valence-electron chi connectivity index (χ3n) is 4.24. The van der Waals surface area contributed by atoms with E-state index in [9.17, 15) is 9.90 Å². The van der Waals surface area contributed by atoms with Gasteiger partial charge >= 0.3 is 0 Å². The molecule has 1 saturated heterocycles. The summed E-state index contributed by atoms with van der Waals surface area (Å²) in [5.74, 6) is 0.282. The molecule has 1 fully saturated rings. The number of nitrogens with one attached hydrogen (secondary N) is 1. The van der Waals surface area contributed by atoms with Crippen LogP contribution in [0.5, 0.6) is 5.75 Å². The molecule has 1 aliphatic rings. The number of aryl methyl sites for hydroxylation is 1. The van der Waals surface area contributed by atoms with Crippen LogP contribution >= 0.6 is 0 Å². The zero-order valence-electron chi connectivity index (χ0n) is 14.2. The van der Waals surface area contributed by atoms with Crippen LogP contribution in [0.15, 0.2) is 24.3 Å². The van der Waals surface area contributed by atoms with E-state index in [1.54, 1.807) is 18.2 Å². The van der Waals surface area contributed by atoms with Crippen LogP contribution in [0.25, 0.3) is 11.4 Å². The molecule has 4 N–H and O–H groups in total. The first-order valence-corrected chi connectivity index (χ1v) is 8.33. The van der Waals surface area contributed by atoms with Crippen molar-refractivity contribution >= 4 is 5.91 Å². The Bertz CT molecular complexity index is 773. The molecule has 0 atom stereocenters. The number of aromatic nitrogens is 2. The molecule has 132 valence electrons. The van der Waals surface area contributed by atoms with Gasteiger partial charge in [-0.3, -0.25) is 4.79 Å². The van der Waals surface area contributed by atoms with Gasteiger partial charge in [0.1, 0.15) is 11.4 Å². The summed E-state index contributed by atoms with van der Waals surface area (Å²) >= 11 is 0. The van der Waals surface area contributed by atoms with Crippen LogP contribution in [0.2, 0.25) is 0 Å². The number of phenolic OH excluding ortho intramolecular Hbond substituents is 1. The number of benzene rings is 1. The molecule has 7 nitrogen and oxygen atoms in total. The summed E-state index contributed by atoms with van der Waals surface area (Å²) in [5, 5.41) is 12.9. The highest BCUT2D eigenvalue weighted by Gasteiger charge is 2.19. The van der Waals surface area contributed by atoms with Gasteiger partial charge in [-0.1, -0.05) is 12.1 Å². The second-order valence-corrected chi connectivity index (χ2v) is 6.13. The van der Waals surface area contributed by atoms with E-state index in [1.165, 1.54) is 0 Å². The molecule has 0 unspecified atom stereocenters. The van der Waals surface area contributed by atoms with E-state index in [4.69, 9.17) is 10.5 Å². The number of hydrogen-bond donors (Lipinski definition) is 3. The number of ether oxygens (including phenoxy) is 1. The summed E-state index contributed by atoms with van der Waals surface area (Å²) in [5.41, 5.74) is 7.96. The molecule has 0 saturated carbocycles. The van der Waals surface area contributed by atoms with Crippen molar-refractivity contribution in [1.29, 1.82) is 0 Å². The van der Waals surface area contributed by atoms with Gasteiger partial charge in [0.15, 0.2) is 5.82 Å². The Kier molecular flexibility index (Phi) is 5.25. The summed E-state index contributed by atoms with van der Waals surface area (Å²) in [7, 11) is 0. The smallest absolute Gasteiger partial charge is 0.270 e. The van der Waals surface area contributed by atoms with Crippen molar-refractivity contribution in [3.8, 4) is 17.1 Å². The molecule has 3 rings (SSSR count). The van der Waals surface area contributed by atoms with Gasteiger partial charge in [-0.2, -0.15) is 0 Å². The molecule has 0 radical (unpaired) electrons. The van der Waals surface area contributed by atoms with Gasteiger partial charge in [-0.15, -0.1) is 0 Å². The first-order valence-electron chi connectivity index (χ1n) is 8.33. The van der Waals surface area contributed by atoms with Gasteiger partial charge < -0.3 is 20.9 Å². The maximum atomic E-state index is 12.6. The maximum Gasteiger partial charge on any atom is 0.270 e.